The predicted octanol–water partition coefficient (Wildman–Crippen LogP) is 4.09. The van der Waals surface area contributed by atoms with Crippen molar-refractivity contribution < 1.29 is 13.5 Å². The molecule has 1 aromatic carbocycles. The zero-order valence-corrected chi connectivity index (χ0v) is 13.1. The highest BCUT2D eigenvalue weighted by atomic mass is 19.3. The molecule has 2 nitrogen and oxygen atoms in total. The molecule has 4 heteroatoms. The number of ether oxygens (including phenoxy) is 1. The predicted molar refractivity (Wildman–Crippen MR) is 81.1 cm³/mol. The van der Waals surface area contributed by atoms with Gasteiger partial charge in [-0.15, -0.1) is 0 Å². The standard InChI is InChI=1S/C15H19F2NO.C2H6/c1-10-13-4-5-18-8-12(13)2-3-14(10)19-9-11-6-15(16,17)7-11;1-2/h2-3,11,18H,4-9H2,1H3;1-2H3. The topological polar surface area (TPSA) is 21.3 Å². The van der Waals surface area contributed by atoms with E-state index in [1.165, 1.54) is 16.7 Å². The molecule has 0 amide bonds. The van der Waals surface area contributed by atoms with Gasteiger partial charge in [0.05, 0.1) is 6.61 Å². The van der Waals surface area contributed by atoms with Crippen molar-refractivity contribution in [2.24, 2.45) is 5.92 Å². The van der Waals surface area contributed by atoms with Crippen LogP contribution in [0.15, 0.2) is 12.1 Å². The smallest absolute Gasteiger partial charge is 0.248 e. The van der Waals surface area contributed by atoms with E-state index in [2.05, 4.69) is 18.3 Å². The van der Waals surface area contributed by atoms with Crippen LogP contribution in [-0.2, 0) is 13.0 Å². The summed E-state index contributed by atoms with van der Waals surface area (Å²) in [6.07, 6.45) is 0.960. The molecule has 118 valence electrons. The van der Waals surface area contributed by atoms with E-state index in [0.29, 0.717) is 6.61 Å². The van der Waals surface area contributed by atoms with E-state index in [1.807, 2.05) is 19.9 Å². The summed E-state index contributed by atoms with van der Waals surface area (Å²) >= 11 is 0. The molecular formula is C17H25F2NO. The maximum absolute atomic E-state index is 12.8. The second-order valence-electron chi connectivity index (χ2n) is 5.69. The van der Waals surface area contributed by atoms with Crippen LogP contribution >= 0.6 is 0 Å². The van der Waals surface area contributed by atoms with E-state index in [4.69, 9.17) is 4.74 Å². The van der Waals surface area contributed by atoms with Gasteiger partial charge in [0.15, 0.2) is 0 Å². The van der Waals surface area contributed by atoms with Crippen molar-refractivity contribution in [2.45, 2.75) is 52.5 Å². The van der Waals surface area contributed by atoms with Gasteiger partial charge in [0.25, 0.3) is 0 Å². The average molecular weight is 297 g/mol. The zero-order chi connectivity index (χ0) is 15.5. The van der Waals surface area contributed by atoms with Crippen LogP contribution in [0.5, 0.6) is 5.75 Å². The minimum absolute atomic E-state index is 0.00657. The van der Waals surface area contributed by atoms with Crippen molar-refractivity contribution in [1.29, 1.82) is 0 Å². The number of hydrogen-bond acceptors (Lipinski definition) is 2. The van der Waals surface area contributed by atoms with Crippen LogP contribution in [0, 0.1) is 12.8 Å². The van der Waals surface area contributed by atoms with Gasteiger partial charge in [-0.25, -0.2) is 8.78 Å². The number of benzene rings is 1. The summed E-state index contributed by atoms with van der Waals surface area (Å²) in [4.78, 5) is 0. The number of fused-ring (bicyclic) bond motifs is 1. The Morgan fingerprint density at radius 1 is 1.29 bits per heavy atom. The van der Waals surface area contributed by atoms with Crippen molar-refractivity contribution in [3.05, 3.63) is 28.8 Å². The molecule has 1 aliphatic heterocycles. The lowest BCUT2D eigenvalue weighted by atomic mass is 9.82. The first-order valence-electron chi connectivity index (χ1n) is 7.88. The molecule has 1 saturated carbocycles. The molecule has 1 fully saturated rings. The van der Waals surface area contributed by atoms with Crippen molar-refractivity contribution in [1.82, 2.24) is 5.32 Å². The van der Waals surface area contributed by atoms with Crippen molar-refractivity contribution in [2.75, 3.05) is 13.2 Å². The van der Waals surface area contributed by atoms with Crippen LogP contribution in [0.25, 0.3) is 0 Å². The number of alkyl halides is 2. The van der Waals surface area contributed by atoms with Crippen molar-refractivity contribution >= 4 is 0 Å². The molecule has 0 aromatic heterocycles. The highest BCUT2D eigenvalue weighted by Gasteiger charge is 2.45. The van der Waals surface area contributed by atoms with E-state index in [1.54, 1.807) is 0 Å². The molecule has 3 rings (SSSR count). The van der Waals surface area contributed by atoms with Crippen LogP contribution < -0.4 is 10.1 Å². The first-order chi connectivity index (χ1) is 10.1. The summed E-state index contributed by atoms with van der Waals surface area (Å²) in [5, 5.41) is 3.34. The number of nitrogens with one attached hydrogen (secondary N) is 1. The third kappa shape index (κ3) is 3.73. The van der Waals surface area contributed by atoms with Crippen LogP contribution in [0.2, 0.25) is 0 Å². The minimum atomic E-state index is -2.45. The number of halogens is 2. The third-order valence-electron chi connectivity index (χ3n) is 4.16. The first kappa shape index (κ1) is 16.2. The maximum atomic E-state index is 12.8. The molecule has 2 aliphatic rings. The van der Waals surface area contributed by atoms with E-state index in [-0.39, 0.29) is 18.8 Å². The van der Waals surface area contributed by atoms with E-state index in [0.717, 1.165) is 25.3 Å². The molecule has 0 unspecified atom stereocenters. The van der Waals surface area contributed by atoms with Gasteiger partial charge in [-0.05, 0) is 42.6 Å². The lowest BCUT2D eigenvalue weighted by Crippen LogP contribution is -2.38. The molecule has 1 aliphatic carbocycles. The Kier molecular flexibility index (Phi) is 5.20. The fourth-order valence-electron chi connectivity index (χ4n) is 3.01. The van der Waals surface area contributed by atoms with Gasteiger partial charge in [0, 0.05) is 25.3 Å². The van der Waals surface area contributed by atoms with Gasteiger partial charge in [0.1, 0.15) is 5.75 Å². The average Bonchev–Trinajstić information content (AvgIpc) is 2.47. The Morgan fingerprint density at radius 3 is 2.67 bits per heavy atom. The molecule has 0 bridgehead atoms. The van der Waals surface area contributed by atoms with Crippen molar-refractivity contribution in [3.63, 3.8) is 0 Å². The van der Waals surface area contributed by atoms with Crippen LogP contribution in [0.3, 0.4) is 0 Å². The summed E-state index contributed by atoms with van der Waals surface area (Å²) in [6, 6.07) is 4.05. The van der Waals surface area contributed by atoms with E-state index >= 15 is 0 Å². The molecule has 0 atom stereocenters. The Morgan fingerprint density at radius 2 is 2.00 bits per heavy atom. The third-order valence-corrected chi connectivity index (χ3v) is 4.16. The lowest BCUT2D eigenvalue weighted by Gasteiger charge is -2.34. The first-order valence-corrected chi connectivity index (χ1v) is 7.88. The largest absolute Gasteiger partial charge is 0.493 e. The molecule has 0 spiro atoms. The molecule has 21 heavy (non-hydrogen) atoms. The van der Waals surface area contributed by atoms with Crippen LogP contribution in [0.4, 0.5) is 8.78 Å². The normalized spacial score (nSPS) is 19.9. The Balaban J connectivity index is 0.000000774. The molecule has 1 aromatic rings. The second-order valence-corrected chi connectivity index (χ2v) is 5.69. The maximum Gasteiger partial charge on any atom is 0.248 e. The summed E-state index contributed by atoms with van der Waals surface area (Å²) in [5.74, 6) is -1.59. The van der Waals surface area contributed by atoms with E-state index < -0.39 is 5.92 Å². The summed E-state index contributed by atoms with van der Waals surface area (Å²) in [7, 11) is 0. The highest BCUT2D eigenvalue weighted by molar-refractivity contribution is 5.45. The van der Waals surface area contributed by atoms with Gasteiger partial charge in [-0.2, -0.15) is 0 Å². The summed E-state index contributed by atoms with van der Waals surface area (Å²) in [6.45, 7) is 8.37. The van der Waals surface area contributed by atoms with Crippen LogP contribution in [-0.4, -0.2) is 19.1 Å². The minimum Gasteiger partial charge on any atom is -0.493 e. The molecule has 0 saturated heterocycles. The van der Waals surface area contributed by atoms with Crippen molar-refractivity contribution in [3.8, 4) is 5.75 Å². The van der Waals surface area contributed by atoms with Gasteiger partial charge in [-0.1, -0.05) is 19.9 Å². The lowest BCUT2D eigenvalue weighted by molar-refractivity contribution is -0.119. The van der Waals surface area contributed by atoms with Gasteiger partial charge in [-0.3, -0.25) is 0 Å². The van der Waals surface area contributed by atoms with Crippen LogP contribution in [0.1, 0.15) is 43.4 Å². The Bertz CT molecular complexity index is 480. The number of rotatable bonds is 3. The fraction of sp³-hybridized carbons (Fsp3) is 0.647. The second kappa shape index (κ2) is 6.73. The Labute approximate surface area is 125 Å². The Hall–Kier alpha value is -1.16. The number of hydrogen-bond donors (Lipinski definition) is 1. The fourth-order valence-corrected chi connectivity index (χ4v) is 3.01. The molecular weight excluding hydrogens is 272 g/mol. The molecule has 1 heterocycles. The molecule has 0 radical (unpaired) electrons. The SMILES string of the molecule is CC.Cc1c(OCC2CC(F)(F)C2)ccc2c1CCNC2. The molecule has 1 N–H and O–H groups in total. The van der Waals surface area contributed by atoms with E-state index in [9.17, 15) is 8.78 Å². The zero-order valence-electron chi connectivity index (χ0n) is 13.1. The monoisotopic (exact) mass is 297 g/mol. The van der Waals surface area contributed by atoms with Gasteiger partial charge < -0.3 is 10.1 Å². The van der Waals surface area contributed by atoms with Gasteiger partial charge in [0.2, 0.25) is 5.92 Å². The summed E-state index contributed by atoms with van der Waals surface area (Å²) in [5.41, 5.74) is 3.85. The highest BCUT2D eigenvalue weighted by Crippen LogP contribution is 2.42. The quantitative estimate of drug-likeness (QED) is 0.907. The van der Waals surface area contributed by atoms with Gasteiger partial charge >= 0.3 is 0 Å². The summed E-state index contributed by atoms with van der Waals surface area (Å²) < 4.78 is 31.3.